The largest absolute Gasteiger partial charge is 0.393 e. The lowest BCUT2D eigenvalue weighted by molar-refractivity contribution is 0.0131. The van der Waals surface area contributed by atoms with E-state index in [1.54, 1.807) is 19.3 Å². The maximum absolute atomic E-state index is 9.51. The van der Waals surface area contributed by atoms with Crippen molar-refractivity contribution in [2.75, 3.05) is 18.5 Å². The van der Waals surface area contributed by atoms with Gasteiger partial charge >= 0.3 is 0 Å². The lowest BCUT2D eigenvalue weighted by Crippen LogP contribution is -2.37. The molecule has 0 spiro atoms. The summed E-state index contributed by atoms with van der Waals surface area (Å²) in [5.74, 6) is 0.626. The first-order valence-electron chi connectivity index (χ1n) is 4.40. The molecule has 1 aromatic rings. The van der Waals surface area contributed by atoms with Crippen LogP contribution < -0.4 is 5.32 Å². The first kappa shape index (κ1) is 10.9. The Labute approximate surface area is 82.8 Å². The van der Waals surface area contributed by atoms with Gasteiger partial charge in [-0.05, 0) is 13.8 Å². The number of hydrogen-bond donors (Lipinski definition) is 3. The van der Waals surface area contributed by atoms with Crippen LogP contribution in [0.1, 0.15) is 12.6 Å². The minimum absolute atomic E-state index is 0.239. The van der Waals surface area contributed by atoms with Crippen molar-refractivity contribution in [3.63, 3.8) is 0 Å². The van der Waals surface area contributed by atoms with E-state index < -0.39 is 5.60 Å². The number of aliphatic hydroxyl groups excluding tert-OH is 1. The molecule has 3 N–H and O–H groups in total. The fourth-order valence-electron chi connectivity index (χ4n) is 0.911. The Bertz CT molecular complexity index is 302. The molecule has 0 aliphatic heterocycles. The Morgan fingerprint density at radius 2 is 2.07 bits per heavy atom. The minimum atomic E-state index is -1.13. The van der Waals surface area contributed by atoms with E-state index in [0.717, 1.165) is 5.69 Å². The zero-order valence-corrected chi connectivity index (χ0v) is 8.36. The Balaban J connectivity index is 2.58. The van der Waals surface area contributed by atoms with Crippen molar-refractivity contribution >= 4 is 5.82 Å². The summed E-state index contributed by atoms with van der Waals surface area (Å²) < 4.78 is 0. The summed E-state index contributed by atoms with van der Waals surface area (Å²) in [6, 6.07) is 0. The number of aromatic nitrogens is 2. The molecule has 1 heterocycles. The molecule has 5 nitrogen and oxygen atoms in total. The van der Waals surface area contributed by atoms with E-state index in [1.165, 1.54) is 0 Å². The van der Waals surface area contributed by atoms with Gasteiger partial charge in [0, 0.05) is 18.9 Å². The van der Waals surface area contributed by atoms with E-state index in [2.05, 4.69) is 15.3 Å². The van der Waals surface area contributed by atoms with E-state index in [1.807, 2.05) is 6.92 Å². The van der Waals surface area contributed by atoms with Crippen molar-refractivity contribution in [3.05, 3.63) is 18.1 Å². The van der Waals surface area contributed by atoms with Gasteiger partial charge in [-0.15, -0.1) is 0 Å². The van der Waals surface area contributed by atoms with Crippen LogP contribution in [0, 0.1) is 6.92 Å². The van der Waals surface area contributed by atoms with Gasteiger partial charge in [-0.2, -0.15) is 0 Å². The third kappa shape index (κ3) is 2.93. The van der Waals surface area contributed by atoms with Crippen molar-refractivity contribution in [1.82, 2.24) is 9.97 Å². The fraction of sp³-hybridized carbons (Fsp3) is 0.556. The van der Waals surface area contributed by atoms with Gasteiger partial charge in [-0.3, -0.25) is 4.98 Å². The number of anilines is 1. The van der Waals surface area contributed by atoms with Crippen LogP contribution in [0.2, 0.25) is 0 Å². The monoisotopic (exact) mass is 197 g/mol. The number of aryl methyl sites for hydroxylation is 1. The smallest absolute Gasteiger partial charge is 0.147 e. The molecule has 1 aromatic heterocycles. The number of aliphatic hydroxyl groups is 2. The summed E-state index contributed by atoms with van der Waals surface area (Å²) in [6.07, 6.45) is 3.17. The molecule has 1 rings (SSSR count). The van der Waals surface area contributed by atoms with Crippen LogP contribution in [-0.2, 0) is 0 Å². The van der Waals surface area contributed by atoms with Gasteiger partial charge in [0.05, 0.1) is 12.3 Å². The van der Waals surface area contributed by atoms with Crippen LogP contribution in [0.4, 0.5) is 5.82 Å². The molecular formula is C9H15N3O2. The molecule has 0 radical (unpaired) electrons. The van der Waals surface area contributed by atoms with Crippen LogP contribution in [0.3, 0.4) is 0 Å². The predicted octanol–water partition coefficient (Wildman–Crippen LogP) is -0.0598. The molecule has 14 heavy (non-hydrogen) atoms. The quantitative estimate of drug-likeness (QED) is 0.630. The van der Waals surface area contributed by atoms with Crippen LogP contribution in [-0.4, -0.2) is 38.9 Å². The highest BCUT2D eigenvalue weighted by Crippen LogP contribution is 2.08. The molecule has 5 heteroatoms. The summed E-state index contributed by atoms with van der Waals surface area (Å²) >= 11 is 0. The van der Waals surface area contributed by atoms with E-state index >= 15 is 0 Å². The highest BCUT2D eigenvalue weighted by molar-refractivity contribution is 5.38. The fourth-order valence-corrected chi connectivity index (χ4v) is 0.911. The average molecular weight is 197 g/mol. The van der Waals surface area contributed by atoms with Crippen molar-refractivity contribution in [1.29, 1.82) is 0 Å². The lowest BCUT2D eigenvalue weighted by atomic mass is 10.1. The number of rotatable bonds is 4. The molecule has 0 aromatic carbocycles. The molecule has 0 aliphatic rings. The number of nitrogens with one attached hydrogen (secondary N) is 1. The summed E-state index contributed by atoms with van der Waals surface area (Å²) in [5, 5.41) is 21.3. The van der Waals surface area contributed by atoms with Crippen LogP contribution in [0.25, 0.3) is 0 Å². The maximum atomic E-state index is 9.51. The molecule has 0 bridgehead atoms. The van der Waals surface area contributed by atoms with E-state index in [-0.39, 0.29) is 13.2 Å². The first-order valence-corrected chi connectivity index (χ1v) is 4.40. The van der Waals surface area contributed by atoms with Crippen LogP contribution >= 0.6 is 0 Å². The predicted molar refractivity (Wildman–Crippen MR) is 53.0 cm³/mol. The average Bonchev–Trinajstić information content (AvgIpc) is 2.17. The standard InChI is InChI=1S/C9H15N3O2/c1-7-8(11-4-3-10-7)12-5-9(2,14)6-13/h3-4,13-14H,5-6H2,1-2H3,(H,11,12). The summed E-state index contributed by atoms with van der Waals surface area (Å²) in [6.45, 7) is 3.32. The highest BCUT2D eigenvalue weighted by atomic mass is 16.3. The van der Waals surface area contributed by atoms with Gasteiger partial charge in [-0.1, -0.05) is 0 Å². The Hall–Kier alpha value is -1.20. The summed E-state index contributed by atoms with van der Waals surface area (Å²) in [7, 11) is 0. The van der Waals surface area contributed by atoms with Crippen LogP contribution in [0.5, 0.6) is 0 Å². The van der Waals surface area contributed by atoms with Crippen LogP contribution in [0.15, 0.2) is 12.4 Å². The molecule has 78 valence electrons. The highest BCUT2D eigenvalue weighted by Gasteiger charge is 2.18. The molecule has 1 unspecified atom stereocenters. The molecule has 0 aliphatic carbocycles. The molecule has 0 saturated heterocycles. The third-order valence-corrected chi connectivity index (χ3v) is 1.86. The topological polar surface area (TPSA) is 78.3 Å². The zero-order chi connectivity index (χ0) is 10.6. The Morgan fingerprint density at radius 1 is 1.43 bits per heavy atom. The molecular weight excluding hydrogens is 182 g/mol. The van der Waals surface area contributed by atoms with Gasteiger partial charge < -0.3 is 15.5 Å². The SMILES string of the molecule is Cc1nccnc1NCC(C)(O)CO. The normalized spacial score (nSPS) is 14.9. The van der Waals surface area contributed by atoms with Crippen molar-refractivity contribution < 1.29 is 10.2 Å². The number of nitrogens with zero attached hydrogens (tertiary/aromatic N) is 2. The van der Waals surface area contributed by atoms with Gasteiger partial charge in [0.25, 0.3) is 0 Å². The van der Waals surface area contributed by atoms with Crippen molar-refractivity contribution in [3.8, 4) is 0 Å². The minimum Gasteiger partial charge on any atom is -0.393 e. The summed E-state index contributed by atoms with van der Waals surface area (Å²) in [5.41, 5.74) is -0.370. The maximum Gasteiger partial charge on any atom is 0.147 e. The zero-order valence-electron chi connectivity index (χ0n) is 8.36. The van der Waals surface area contributed by atoms with Gasteiger partial charge in [0.2, 0.25) is 0 Å². The van der Waals surface area contributed by atoms with E-state index in [4.69, 9.17) is 5.11 Å². The Kier molecular flexibility index (Phi) is 3.38. The second-order valence-corrected chi connectivity index (χ2v) is 3.50. The molecule has 0 fully saturated rings. The molecule has 1 atom stereocenters. The molecule has 0 saturated carbocycles. The third-order valence-electron chi connectivity index (χ3n) is 1.86. The molecule has 0 amide bonds. The van der Waals surface area contributed by atoms with Gasteiger partial charge in [-0.25, -0.2) is 4.98 Å². The number of hydrogen-bond acceptors (Lipinski definition) is 5. The Morgan fingerprint density at radius 3 is 2.64 bits per heavy atom. The lowest BCUT2D eigenvalue weighted by Gasteiger charge is -2.21. The van der Waals surface area contributed by atoms with Gasteiger partial charge in [0.15, 0.2) is 0 Å². The first-order chi connectivity index (χ1) is 6.55. The van der Waals surface area contributed by atoms with E-state index in [0.29, 0.717) is 5.82 Å². The van der Waals surface area contributed by atoms with Crippen molar-refractivity contribution in [2.45, 2.75) is 19.4 Å². The van der Waals surface area contributed by atoms with Gasteiger partial charge in [0.1, 0.15) is 11.4 Å². The van der Waals surface area contributed by atoms with E-state index in [9.17, 15) is 5.11 Å². The summed E-state index contributed by atoms with van der Waals surface area (Å²) in [4.78, 5) is 8.09. The van der Waals surface area contributed by atoms with Crippen molar-refractivity contribution in [2.24, 2.45) is 0 Å². The second kappa shape index (κ2) is 4.34. The second-order valence-electron chi connectivity index (χ2n) is 3.50.